The van der Waals surface area contributed by atoms with E-state index in [1.807, 2.05) is 17.0 Å². The number of phenols is 1. The number of rotatable bonds is 4. The number of carbonyl (C=O) groups excluding carboxylic acids is 1. The number of likely N-dealkylation sites (tertiary alicyclic amines) is 1. The molecule has 126 valence electrons. The summed E-state index contributed by atoms with van der Waals surface area (Å²) in [7, 11) is 1.67. The van der Waals surface area contributed by atoms with Gasteiger partial charge in [-0.25, -0.2) is 0 Å². The van der Waals surface area contributed by atoms with E-state index < -0.39 is 0 Å². The van der Waals surface area contributed by atoms with Crippen molar-refractivity contribution in [3.05, 3.63) is 59.2 Å². The van der Waals surface area contributed by atoms with Gasteiger partial charge in [-0.15, -0.1) is 0 Å². The largest absolute Gasteiger partial charge is 0.508 e. The number of phenolic OH excluding ortho intramolecular Hbond substituents is 1. The Labute approximate surface area is 142 Å². The van der Waals surface area contributed by atoms with Crippen LogP contribution in [0.25, 0.3) is 0 Å². The maximum absolute atomic E-state index is 12.7. The predicted molar refractivity (Wildman–Crippen MR) is 93.6 cm³/mol. The molecular formula is C20H23NO3. The molecule has 0 saturated carbocycles. The van der Waals surface area contributed by atoms with Gasteiger partial charge >= 0.3 is 0 Å². The van der Waals surface area contributed by atoms with Crippen LogP contribution in [0.4, 0.5) is 0 Å². The molecular weight excluding hydrogens is 302 g/mol. The fourth-order valence-corrected chi connectivity index (χ4v) is 3.30. The van der Waals surface area contributed by atoms with Gasteiger partial charge in [0.2, 0.25) is 0 Å². The van der Waals surface area contributed by atoms with E-state index >= 15 is 0 Å². The van der Waals surface area contributed by atoms with Gasteiger partial charge in [-0.3, -0.25) is 4.79 Å². The molecule has 1 atom stereocenters. The van der Waals surface area contributed by atoms with Gasteiger partial charge in [-0.2, -0.15) is 0 Å². The van der Waals surface area contributed by atoms with Gasteiger partial charge in [0.25, 0.3) is 5.91 Å². The Bertz CT molecular complexity index is 724. The molecule has 1 amide bonds. The zero-order valence-corrected chi connectivity index (χ0v) is 14.2. The minimum Gasteiger partial charge on any atom is -0.508 e. The van der Waals surface area contributed by atoms with Crippen molar-refractivity contribution >= 4 is 5.91 Å². The first kappa shape index (κ1) is 16.4. The summed E-state index contributed by atoms with van der Waals surface area (Å²) in [5.74, 6) is 1.52. The molecule has 0 aliphatic carbocycles. The Hall–Kier alpha value is -2.49. The van der Waals surface area contributed by atoms with E-state index in [-0.39, 0.29) is 11.7 Å². The third kappa shape index (κ3) is 3.37. The number of methoxy groups -OCH3 is 1. The first-order valence-electron chi connectivity index (χ1n) is 8.29. The number of ether oxygens (including phenoxy) is 1. The highest BCUT2D eigenvalue weighted by Crippen LogP contribution is 2.26. The lowest BCUT2D eigenvalue weighted by molar-refractivity contribution is 0.0786. The van der Waals surface area contributed by atoms with Crippen LogP contribution in [0.2, 0.25) is 0 Å². The fourth-order valence-electron chi connectivity index (χ4n) is 3.30. The van der Waals surface area contributed by atoms with E-state index in [2.05, 4.69) is 12.1 Å². The molecule has 4 heteroatoms. The predicted octanol–water partition coefficient (Wildman–Crippen LogP) is 3.41. The van der Waals surface area contributed by atoms with E-state index in [1.165, 1.54) is 5.56 Å². The summed E-state index contributed by atoms with van der Waals surface area (Å²) < 4.78 is 5.18. The van der Waals surface area contributed by atoms with Crippen LogP contribution in [0.3, 0.4) is 0 Å². The topological polar surface area (TPSA) is 49.8 Å². The molecule has 4 nitrogen and oxygen atoms in total. The second-order valence-electron chi connectivity index (χ2n) is 6.41. The first-order valence-corrected chi connectivity index (χ1v) is 8.29. The van der Waals surface area contributed by atoms with Crippen LogP contribution in [0.5, 0.6) is 11.5 Å². The van der Waals surface area contributed by atoms with Crippen molar-refractivity contribution < 1.29 is 14.6 Å². The zero-order valence-electron chi connectivity index (χ0n) is 14.2. The number of carbonyl (C=O) groups is 1. The number of amides is 1. The second kappa shape index (κ2) is 6.95. The van der Waals surface area contributed by atoms with Crippen molar-refractivity contribution in [1.82, 2.24) is 4.90 Å². The highest BCUT2D eigenvalue weighted by atomic mass is 16.5. The van der Waals surface area contributed by atoms with Crippen molar-refractivity contribution in [2.24, 2.45) is 5.92 Å². The molecule has 2 aromatic rings. The molecule has 1 aliphatic heterocycles. The average molecular weight is 325 g/mol. The van der Waals surface area contributed by atoms with Crippen LogP contribution in [-0.4, -0.2) is 36.1 Å². The maximum Gasteiger partial charge on any atom is 0.254 e. The lowest BCUT2D eigenvalue weighted by Gasteiger charge is -2.18. The average Bonchev–Trinajstić information content (AvgIpc) is 3.06. The van der Waals surface area contributed by atoms with Gasteiger partial charge in [-0.1, -0.05) is 18.2 Å². The molecule has 1 fully saturated rings. The second-order valence-corrected chi connectivity index (χ2v) is 6.41. The molecule has 1 heterocycles. The Morgan fingerprint density at radius 1 is 1.25 bits per heavy atom. The van der Waals surface area contributed by atoms with Gasteiger partial charge in [0.05, 0.1) is 7.11 Å². The van der Waals surface area contributed by atoms with Crippen LogP contribution < -0.4 is 4.74 Å². The summed E-state index contributed by atoms with van der Waals surface area (Å²) in [6, 6.07) is 13.2. The lowest BCUT2D eigenvalue weighted by atomic mass is 9.98. The summed E-state index contributed by atoms with van der Waals surface area (Å²) >= 11 is 0. The first-order chi connectivity index (χ1) is 11.6. The molecule has 3 rings (SSSR count). The minimum absolute atomic E-state index is 0.0145. The van der Waals surface area contributed by atoms with Crippen LogP contribution >= 0.6 is 0 Å². The summed E-state index contributed by atoms with van der Waals surface area (Å²) in [6.45, 7) is 3.32. The van der Waals surface area contributed by atoms with Crippen molar-refractivity contribution in [3.8, 4) is 11.5 Å². The zero-order chi connectivity index (χ0) is 17.1. The van der Waals surface area contributed by atoms with Crippen molar-refractivity contribution in [1.29, 1.82) is 0 Å². The molecule has 24 heavy (non-hydrogen) atoms. The molecule has 1 aliphatic rings. The van der Waals surface area contributed by atoms with Crippen LogP contribution in [0.15, 0.2) is 42.5 Å². The number of aromatic hydroxyl groups is 1. The highest BCUT2D eigenvalue weighted by Gasteiger charge is 2.28. The molecule has 2 aromatic carbocycles. The summed E-state index contributed by atoms with van der Waals surface area (Å²) in [5.41, 5.74) is 2.52. The molecule has 1 saturated heterocycles. The summed E-state index contributed by atoms with van der Waals surface area (Å²) in [6.07, 6.45) is 1.97. The number of hydrogen-bond donors (Lipinski definition) is 1. The van der Waals surface area contributed by atoms with E-state index in [0.717, 1.165) is 31.7 Å². The molecule has 0 aromatic heterocycles. The minimum atomic E-state index is 0.0145. The van der Waals surface area contributed by atoms with Gasteiger partial charge in [-0.05, 0) is 55.5 Å². The van der Waals surface area contributed by atoms with Gasteiger partial charge in [0.1, 0.15) is 11.5 Å². The van der Waals surface area contributed by atoms with E-state index in [0.29, 0.717) is 17.0 Å². The third-order valence-corrected chi connectivity index (χ3v) is 4.79. The van der Waals surface area contributed by atoms with Crippen LogP contribution in [-0.2, 0) is 6.42 Å². The molecule has 1 unspecified atom stereocenters. The van der Waals surface area contributed by atoms with Crippen LogP contribution in [0.1, 0.15) is 27.9 Å². The Kier molecular flexibility index (Phi) is 4.74. The SMILES string of the molecule is COc1ccc(CC2CCN(C(=O)c3cccc(O)c3C)C2)cc1. The van der Waals surface area contributed by atoms with Crippen LogP contribution in [0, 0.1) is 12.8 Å². The van der Waals surface area contributed by atoms with Gasteiger partial charge in [0.15, 0.2) is 0 Å². The molecule has 0 spiro atoms. The molecule has 1 N–H and O–H groups in total. The van der Waals surface area contributed by atoms with E-state index in [4.69, 9.17) is 4.74 Å². The highest BCUT2D eigenvalue weighted by molar-refractivity contribution is 5.96. The van der Waals surface area contributed by atoms with Gasteiger partial charge in [0, 0.05) is 24.2 Å². The number of hydrogen-bond acceptors (Lipinski definition) is 3. The number of benzene rings is 2. The van der Waals surface area contributed by atoms with Crippen molar-refractivity contribution in [2.75, 3.05) is 20.2 Å². The summed E-state index contributed by atoms with van der Waals surface area (Å²) in [5, 5.41) is 9.80. The summed E-state index contributed by atoms with van der Waals surface area (Å²) in [4.78, 5) is 14.6. The Morgan fingerprint density at radius 3 is 2.71 bits per heavy atom. The van der Waals surface area contributed by atoms with Crippen molar-refractivity contribution in [2.45, 2.75) is 19.8 Å². The van der Waals surface area contributed by atoms with Gasteiger partial charge < -0.3 is 14.7 Å². The smallest absolute Gasteiger partial charge is 0.254 e. The lowest BCUT2D eigenvalue weighted by Crippen LogP contribution is -2.29. The Balaban J connectivity index is 1.64. The van der Waals surface area contributed by atoms with E-state index in [1.54, 1.807) is 32.2 Å². The number of nitrogens with zero attached hydrogens (tertiary/aromatic N) is 1. The Morgan fingerprint density at radius 2 is 2.00 bits per heavy atom. The van der Waals surface area contributed by atoms with E-state index in [9.17, 15) is 9.90 Å². The molecule has 0 bridgehead atoms. The monoisotopic (exact) mass is 325 g/mol. The van der Waals surface area contributed by atoms with Crippen molar-refractivity contribution in [3.63, 3.8) is 0 Å². The standard InChI is InChI=1S/C20H23NO3/c1-14-18(4-3-5-19(14)22)20(23)21-11-10-16(13-21)12-15-6-8-17(24-2)9-7-15/h3-9,16,22H,10-13H2,1-2H3. The molecule has 0 radical (unpaired) electrons. The third-order valence-electron chi connectivity index (χ3n) is 4.79. The maximum atomic E-state index is 12.7. The normalized spacial score (nSPS) is 17.1. The fraction of sp³-hybridized carbons (Fsp3) is 0.350. The quantitative estimate of drug-likeness (QED) is 0.937.